The van der Waals surface area contributed by atoms with Crippen molar-refractivity contribution >= 4 is 26.1 Å². The highest BCUT2D eigenvalue weighted by molar-refractivity contribution is 7.73. The first-order valence-corrected chi connectivity index (χ1v) is 10.0. The Bertz CT molecular complexity index is 843. The van der Waals surface area contributed by atoms with E-state index in [1.165, 1.54) is 24.9 Å². The number of hydrogen-bond donors (Lipinski definition) is 1. The third-order valence-electron chi connectivity index (χ3n) is 5.13. The number of likely N-dealkylation sites (tertiary alicyclic amines) is 1. The lowest BCUT2D eigenvalue weighted by Gasteiger charge is -2.22. The second kappa shape index (κ2) is 7.53. The summed E-state index contributed by atoms with van der Waals surface area (Å²) in [5, 5.41) is 1.16. The van der Waals surface area contributed by atoms with Crippen LogP contribution in [0.5, 0.6) is 0 Å². The van der Waals surface area contributed by atoms with Gasteiger partial charge in [0, 0.05) is 23.1 Å². The second-order valence-corrected chi connectivity index (χ2v) is 7.57. The maximum absolute atomic E-state index is 11.6. The summed E-state index contributed by atoms with van der Waals surface area (Å²) >= 11 is 0. The van der Waals surface area contributed by atoms with E-state index in [-0.39, 0.29) is 0 Å². The second-order valence-electron chi connectivity index (χ2n) is 6.61. The van der Waals surface area contributed by atoms with Gasteiger partial charge >= 0.3 is 0 Å². The maximum atomic E-state index is 11.6. The molecule has 5 heteroatoms. The molecule has 24 heavy (non-hydrogen) atoms. The number of likely N-dealkylation sites (N-methyl/N-ethyl adjacent to an activating group) is 1. The van der Waals surface area contributed by atoms with Gasteiger partial charge in [-0.25, -0.2) is 0 Å². The number of nitrogens with zero attached hydrogens (tertiary/aromatic N) is 1. The van der Waals surface area contributed by atoms with E-state index in [2.05, 4.69) is 23.0 Å². The minimum absolute atomic E-state index is 0.516. The normalized spacial score (nSPS) is 18.3. The Morgan fingerprint density at radius 1 is 1.33 bits per heavy atom. The Morgan fingerprint density at radius 2 is 2.17 bits per heavy atom. The molecule has 1 fully saturated rings. The van der Waals surface area contributed by atoms with Gasteiger partial charge in [0.15, 0.2) is 0 Å². The van der Waals surface area contributed by atoms with Gasteiger partial charge < -0.3 is 9.88 Å². The zero-order chi connectivity index (χ0) is 17.1. The number of H-pyrrole nitrogens is 1. The van der Waals surface area contributed by atoms with E-state index in [1.807, 2.05) is 25.1 Å². The summed E-state index contributed by atoms with van der Waals surface area (Å²) in [5.41, 5.74) is 3.21. The smallest absolute Gasteiger partial charge is 0.217 e. The molecule has 1 aromatic heterocycles. The third kappa shape index (κ3) is 3.42. The Morgan fingerprint density at radius 3 is 2.88 bits per heavy atom. The Kier molecular flexibility index (Phi) is 5.41. The molecule has 1 atom stereocenters. The first-order chi connectivity index (χ1) is 11.6. The number of fused-ring (bicyclic) bond motifs is 1. The molecule has 0 radical (unpaired) electrons. The predicted octanol–water partition coefficient (Wildman–Crippen LogP) is 3.39. The minimum atomic E-state index is -2.15. The van der Waals surface area contributed by atoms with Gasteiger partial charge in [0.2, 0.25) is 10.3 Å². The standard InChI is InChI=1S/C19H26N2O2S/c1-3-6-19(24(22)23)14-8-9-18-17(12-14)15(13-20-18)11-16-7-5-10-21(16)4-2/h8-9,12-13,16,20H,3-7,10-11H2,1-2H3. The molecule has 0 saturated carbocycles. The number of rotatable bonds is 6. The van der Waals surface area contributed by atoms with Crippen molar-refractivity contribution in [3.63, 3.8) is 0 Å². The van der Waals surface area contributed by atoms with Crippen molar-refractivity contribution in [2.45, 2.75) is 52.0 Å². The van der Waals surface area contributed by atoms with Crippen molar-refractivity contribution in [3.8, 4) is 0 Å². The summed E-state index contributed by atoms with van der Waals surface area (Å²) in [6, 6.07) is 6.57. The summed E-state index contributed by atoms with van der Waals surface area (Å²) in [4.78, 5) is 6.40. The zero-order valence-corrected chi connectivity index (χ0v) is 15.3. The quantitative estimate of drug-likeness (QED) is 0.644. The average Bonchev–Trinajstić information content (AvgIpc) is 3.19. The number of hydrogen-bond acceptors (Lipinski definition) is 3. The Labute approximate surface area is 145 Å². The lowest BCUT2D eigenvalue weighted by Crippen LogP contribution is -2.30. The molecule has 0 aliphatic carbocycles. The summed E-state index contributed by atoms with van der Waals surface area (Å²) in [7, 11) is -2.15. The van der Waals surface area contributed by atoms with Crippen molar-refractivity contribution < 1.29 is 8.42 Å². The number of aromatic amines is 1. The van der Waals surface area contributed by atoms with Crippen molar-refractivity contribution in [2.24, 2.45) is 0 Å². The first-order valence-electron chi connectivity index (χ1n) is 8.93. The van der Waals surface area contributed by atoms with Gasteiger partial charge in [-0.1, -0.05) is 26.3 Å². The van der Waals surface area contributed by atoms with Crippen LogP contribution >= 0.6 is 0 Å². The lowest BCUT2D eigenvalue weighted by molar-refractivity contribution is 0.266. The maximum Gasteiger partial charge on any atom is 0.217 e. The van der Waals surface area contributed by atoms with E-state index in [0.717, 1.165) is 35.9 Å². The SMILES string of the molecule is CCCC(c1ccc2[nH]cc(CC3CCCN3CC)c2c1)=S(=O)=O. The topological polar surface area (TPSA) is 53.2 Å². The first kappa shape index (κ1) is 17.2. The molecule has 1 N–H and O–H groups in total. The molecule has 1 aromatic carbocycles. The predicted molar refractivity (Wildman–Crippen MR) is 100 cm³/mol. The molecule has 1 saturated heterocycles. The summed E-state index contributed by atoms with van der Waals surface area (Å²) in [6.07, 6.45) is 7.06. The van der Waals surface area contributed by atoms with Crippen LogP contribution in [-0.4, -0.2) is 42.3 Å². The number of aromatic nitrogens is 1. The molecule has 0 spiro atoms. The van der Waals surface area contributed by atoms with Crippen LogP contribution in [0, 0.1) is 0 Å². The molecule has 2 heterocycles. The van der Waals surface area contributed by atoms with Crippen LogP contribution in [0.1, 0.15) is 50.7 Å². The van der Waals surface area contributed by atoms with Gasteiger partial charge in [0.1, 0.15) is 0 Å². The molecule has 130 valence electrons. The van der Waals surface area contributed by atoms with E-state index < -0.39 is 10.3 Å². The third-order valence-corrected chi connectivity index (χ3v) is 5.97. The number of nitrogens with one attached hydrogen (secondary N) is 1. The molecule has 1 aliphatic heterocycles. The molecule has 0 amide bonds. The fourth-order valence-corrected chi connectivity index (χ4v) is 4.56. The van der Waals surface area contributed by atoms with Crippen molar-refractivity contribution in [1.29, 1.82) is 0 Å². The molecule has 4 nitrogen and oxygen atoms in total. The lowest BCUT2D eigenvalue weighted by atomic mass is 10.00. The van der Waals surface area contributed by atoms with Crippen LogP contribution in [0.3, 0.4) is 0 Å². The highest BCUT2D eigenvalue weighted by Crippen LogP contribution is 2.26. The molecular weight excluding hydrogens is 320 g/mol. The van der Waals surface area contributed by atoms with Gasteiger partial charge in [-0.2, -0.15) is 8.42 Å². The van der Waals surface area contributed by atoms with E-state index >= 15 is 0 Å². The largest absolute Gasteiger partial charge is 0.361 e. The van der Waals surface area contributed by atoms with E-state index in [1.54, 1.807) is 0 Å². The molecule has 1 unspecified atom stereocenters. The van der Waals surface area contributed by atoms with Crippen molar-refractivity contribution in [3.05, 3.63) is 35.5 Å². The van der Waals surface area contributed by atoms with Gasteiger partial charge in [0.25, 0.3) is 0 Å². The highest BCUT2D eigenvalue weighted by Gasteiger charge is 2.24. The van der Waals surface area contributed by atoms with E-state index in [4.69, 9.17) is 0 Å². The fourth-order valence-electron chi connectivity index (χ4n) is 3.87. The summed E-state index contributed by atoms with van der Waals surface area (Å²) in [6.45, 7) is 6.52. The molecule has 3 rings (SSSR count). The van der Waals surface area contributed by atoms with E-state index in [9.17, 15) is 8.42 Å². The van der Waals surface area contributed by atoms with Gasteiger partial charge in [-0.15, -0.1) is 0 Å². The van der Waals surface area contributed by atoms with Gasteiger partial charge in [-0.3, -0.25) is 0 Å². The van der Waals surface area contributed by atoms with Crippen LogP contribution in [0.25, 0.3) is 10.9 Å². The fraction of sp³-hybridized carbons (Fsp3) is 0.526. The van der Waals surface area contributed by atoms with Crippen LogP contribution in [0.4, 0.5) is 0 Å². The molecular formula is C19H26N2O2S. The molecule has 1 aliphatic rings. The monoisotopic (exact) mass is 346 g/mol. The minimum Gasteiger partial charge on any atom is -0.361 e. The highest BCUT2D eigenvalue weighted by atomic mass is 32.2. The van der Waals surface area contributed by atoms with Gasteiger partial charge in [-0.05, 0) is 62.0 Å². The summed E-state index contributed by atoms with van der Waals surface area (Å²) < 4.78 is 23.1. The molecule has 0 bridgehead atoms. The molecule has 2 aromatic rings. The van der Waals surface area contributed by atoms with Crippen LogP contribution in [0.15, 0.2) is 24.4 Å². The van der Waals surface area contributed by atoms with Crippen molar-refractivity contribution in [2.75, 3.05) is 13.1 Å². The van der Waals surface area contributed by atoms with Crippen LogP contribution in [0.2, 0.25) is 0 Å². The zero-order valence-electron chi connectivity index (χ0n) is 14.5. The van der Waals surface area contributed by atoms with Crippen LogP contribution in [-0.2, 0) is 16.7 Å². The average molecular weight is 346 g/mol. The van der Waals surface area contributed by atoms with Gasteiger partial charge in [0.05, 0.1) is 4.86 Å². The van der Waals surface area contributed by atoms with E-state index in [0.29, 0.717) is 17.3 Å². The summed E-state index contributed by atoms with van der Waals surface area (Å²) in [5.74, 6) is 0. The van der Waals surface area contributed by atoms with Crippen molar-refractivity contribution in [1.82, 2.24) is 9.88 Å². The van der Waals surface area contributed by atoms with Crippen LogP contribution < -0.4 is 0 Å². The Hall–Kier alpha value is -1.59. The Balaban J connectivity index is 1.96. The number of benzene rings is 1.